The van der Waals surface area contributed by atoms with Crippen LogP contribution in [0.2, 0.25) is 0 Å². The fourth-order valence-electron chi connectivity index (χ4n) is 3.13. The lowest BCUT2D eigenvalue weighted by Gasteiger charge is -2.32. The summed E-state index contributed by atoms with van der Waals surface area (Å²) in [6.45, 7) is 1.68. The molecule has 21 heavy (non-hydrogen) atoms. The lowest BCUT2D eigenvalue weighted by Crippen LogP contribution is -2.41. The molecular weight excluding hydrogens is 276 g/mol. The predicted molar refractivity (Wildman–Crippen MR) is 75.5 cm³/mol. The number of benzene rings is 1. The molecule has 0 aliphatic carbocycles. The van der Waals surface area contributed by atoms with E-state index in [1.165, 1.54) is 12.1 Å². The molecule has 0 radical (unpaired) electrons. The molecule has 3 nitrogen and oxygen atoms in total. The Morgan fingerprint density at radius 2 is 1.95 bits per heavy atom. The van der Waals surface area contributed by atoms with Crippen molar-refractivity contribution in [1.29, 1.82) is 0 Å². The molecule has 1 N–H and O–H groups in total. The van der Waals surface area contributed by atoms with Gasteiger partial charge < -0.3 is 14.8 Å². The van der Waals surface area contributed by atoms with Crippen LogP contribution in [0.25, 0.3) is 0 Å². The van der Waals surface area contributed by atoms with E-state index in [1.807, 2.05) is 0 Å². The lowest BCUT2D eigenvalue weighted by atomic mass is 9.89. The zero-order valence-electron chi connectivity index (χ0n) is 12.0. The van der Waals surface area contributed by atoms with Crippen LogP contribution in [0, 0.1) is 0 Å². The van der Waals surface area contributed by atoms with E-state index < -0.39 is 12.5 Å². The van der Waals surface area contributed by atoms with Gasteiger partial charge in [0.25, 0.3) is 5.92 Å². The summed E-state index contributed by atoms with van der Waals surface area (Å²) >= 11 is 0. The third kappa shape index (κ3) is 3.42. The molecule has 2 heterocycles. The van der Waals surface area contributed by atoms with Crippen molar-refractivity contribution in [1.82, 2.24) is 5.32 Å². The van der Waals surface area contributed by atoms with Gasteiger partial charge >= 0.3 is 0 Å². The van der Waals surface area contributed by atoms with Crippen LogP contribution in [-0.2, 0) is 15.4 Å². The average Bonchev–Trinajstić information content (AvgIpc) is 2.90. The SMILES string of the molecule is FC(F)(COC1COC2(CCNCC2)C1)c1ccccc1. The minimum absolute atomic E-state index is 0.000458. The van der Waals surface area contributed by atoms with E-state index in [9.17, 15) is 8.78 Å². The van der Waals surface area contributed by atoms with Gasteiger partial charge in [0.05, 0.1) is 18.3 Å². The van der Waals surface area contributed by atoms with Gasteiger partial charge in [-0.25, -0.2) is 0 Å². The summed E-state index contributed by atoms with van der Waals surface area (Å²) in [6.07, 6.45) is 2.36. The monoisotopic (exact) mass is 297 g/mol. The Kier molecular flexibility index (Phi) is 4.24. The van der Waals surface area contributed by atoms with E-state index in [2.05, 4.69) is 5.32 Å². The quantitative estimate of drug-likeness (QED) is 0.927. The third-order valence-corrected chi connectivity index (χ3v) is 4.39. The van der Waals surface area contributed by atoms with E-state index in [0.29, 0.717) is 6.61 Å². The van der Waals surface area contributed by atoms with Gasteiger partial charge in [-0.15, -0.1) is 0 Å². The molecular formula is C16H21F2NO2. The highest BCUT2D eigenvalue weighted by molar-refractivity contribution is 5.19. The van der Waals surface area contributed by atoms with Crippen LogP contribution < -0.4 is 5.32 Å². The second-order valence-electron chi connectivity index (χ2n) is 5.95. The molecule has 2 aliphatic heterocycles. The van der Waals surface area contributed by atoms with E-state index in [1.54, 1.807) is 18.2 Å². The minimum atomic E-state index is -2.95. The van der Waals surface area contributed by atoms with Gasteiger partial charge in [-0.2, -0.15) is 8.78 Å². The lowest BCUT2D eigenvalue weighted by molar-refractivity contribution is -0.105. The molecule has 3 rings (SSSR count). The molecule has 116 valence electrons. The largest absolute Gasteiger partial charge is 0.372 e. The molecule has 0 saturated carbocycles. The smallest absolute Gasteiger partial charge is 0.296 e. The first-order valence-electron chi connectivity index (χ1n) is 7.49. The van der Waals surface area contributed by atoms with E-state index in [4.69, 9.17) is 9.47 Å². The zero-order chi connectivity index (χ0) is 14.8. The number of hydrogen-bond acceptors (Lipinski definition) is 3. The summed E-state index contributed by atoms with van der Waals surface area (Å²) in [7, 11) is 0. The van der Waals surface area contributed by atoms with E-state index >= 15 is 0 Å². The van der Waals surface area contributed by atoms with Crippen molar-refractivity contribution in [3.05, 3.63) is 35.9 Å². The fourth-order valence-corrected chi connectivity index (χ4v) is 3.13. The Morgan fingerprint density at radius 3 is 2.67 bits per heavy atom. The topological polar surface area (TPSA) is 30.5 Å². The number of hydrogen-bond donors (Lipinski definition) is 1. The minimum Gasteiger partial charge on any atom is -0.372 e. The van der Waals surface area contributed by atoms with Crippen molar-refractivity contribution >= 4 is 0 Å². The summed E-state index contributed by atoms with van der Waals surface area (Å²) in [5.41, 5.74) is -0.154. The Hall–Kier alpha value is -1.04. The number of rotatable bonds is 4. The molecule has 1 unspecified atom stereocenters. The molecule has 5 heteroatoms. The maximum absolute atomic E-state index is 14.1. The Balaban J connectivity index is 1.54. The van der Waals surface area contributed by atoms with Crippen LogP contribution in [0.3, 0.4) is 0 Å². The molecule has 2 fully saturated rings. The van der Waals surface area contributed by atoms with Gasteiger partial charge in [0.15, 0.2) is 0 Å². The second-order valence-corrected chi connectivity index (χ2v) is 5.95. The van der Waals surface area contributed by atoms with Gasteiger partial charge in [-0.05, 0) is 25.9 Å². The van der Waals surface area contributed by atoms with Crippen LogP contribution in [-0.4, -0.2) is 38.0 Å². The first kappa shape index (κ1) is 14.9. The Labute approximate surface area is 123 Å². The van der Waals surface area contributed by atoms with Crippen molar-refractivity contribution in [2.45, 2.75) is 36.9 Å². The molecule has 0 amide bonds. The van der Waals surface area contributed by atoms with Crippen LogP contribution in [0.4, 0.5) is 8.78 Å². The molecule has 0 bridgehead atoms. The zero-order valence-corrected chi connectivity index (χ0v) is 12.0. The average molecular weight is 297 g/mol. The van der Waals surface area contributed by atoms with E-state index in [-0.39, 0.29) is 17.3 Å². The van der Waals surface area contributed by atoms with Crippen LogP contribution in [0.1, 0.15) is 24.8 Å². The normalized spacial score (nSPS) is 25.3. The van der Waals surface area contributed by atoms with Crippen molar-refractivity contribution in [2.75, 3.05) is 26.3 Å². The number of piperidine rings is 1. The van der Waals surface area contributed by atoms with Crippen molar-refractivity contribution in [3.63, 3.8) is 0 Å². The van der Waals surface area contributed by atoms with Gasteiger partial charge in [-0.1, -0.05) is 30.3 Å². The third-order valence-electron chi connectivity index (χ3n) is 4.39. The van der Waals surface area contributed by atoms with Gasteiger partial charge in [0.1, 0.15) is 6.61 Å². The first-order chi connectivity index (χ1) is 10.1. The molecule has 1 aromatic rings. The summed E-state index contributed by atoms with van der Waals surface area (Å²) in [5, 5.41) is 3.29. The van der Waals surface area contributed by atoms with Crippen LogP contribution in [0.15, 0.2) is 30.3 Å². The molecule has 1 aromatic carbocycles. The molecule has 1 spiro atoms. The van der Waals surface area contributed by atoms with E-state index in [0.717, 1.165) is 32.4 Å². The Bertz CT molecular complexity index is 461. The molecule has 1 atom stereocenters. The summed E-state index contributed by atoms with van der Waals surface area (Å²) in [4.78, 5) is 0. The van der Waals surface area contributed by atoms with Crippen LogP contribution >= 0.6 is 0 Å². The summed E-state index contributed by atoms with van der Waals surface area (Å²) < 4.78 is 39.4. The maximum atomic E-state index is 14.1. The van der Waals surface area contributed by atoms with Gasteiger partial charge in [-0.3, -0.25) is 0 Å². The Morgan fingerprint density at radius 1 is 1.24 bits per heavy atom. The number of ether oxygens (including phenoxy) is 2. The van der Waals surface area contributed by atoms with Gasteiger partial charge in [0.2, 0.25) is 0 Å². The summed E-state index contributed by atoms with van der Waals surface area (Å²) in [5.74, 6) is -2.95. The predicted octanol–water partition coefficient (Wildman–Crippen LogP) is 2.71. The highest BCUT2D eigenvalue weighted by atomic mass is 19.3. The van der Waals surface area contributed by atoms with Crippen molar-refractivity contribution < 1.29 is 18.3 Å². The number of halogens is 2. The van der Waals surface area contributed by atoms with Crippen molar-refractivity contribution in [2.24, 2.45) is 0 Å². The highest BCUT2D eigenvalue weighted by Crippen LogP contribution is 2.36. The van der Waals surface area contributed by atoms with Gasteiger partial charge in [0, 0.05) is 12.0 Å². The molecule has 2 aliphatic rings. The summed E-state index contributed by atoms with van der Waals surface area (Å²) in [6, 6.07) is 7.83. The first-order valence-corrected chi connectivity index (χ1v) is 7.49. The number of alkyl halides is 2. The van der Waals surface area contributed by atoms with Crippen molar-refractivity contribution in [3.8, 4) is 0 Å². The standard InChI is InChI=1S/C16H21F2NO2/c17-16(18,13-4-2-1-3-5-13)12-20-14-10-15(21-11-14)6-8-19-9-7-15/h1-5,14,19H,6-12H2. The molecule has 0 aromatic heterocycles. The maximum Gasteiger partial charge on any atom is 0.296 e. The fraction of sp³-hybridized carbons (Fsp3) is 0.625. The number of nitrogens with one attached hydrogen (secondary N) is 1. The highest BCUT2D eigenvalue weighted by Gasteiger charge is 2.43. The molecule has 2 saturated heterocycles. The second kappa shape index (κ2) is 5.99. The van der Waals surface area contributed by atoms with Crippen LogP contribution in [0.5, 0.6) is 0 Å².